The molecule has 2 atom stereocenters. The number of hydrogen-bond acceptors (Lipinski definition) is 8. The Morgan fingerprint density at radius 1 is 0.827 bits per heavy atom. The minimum atomic E-state index is -4.00. The highest BCUT2D eigenvalue weighted by molar-refractivity contribution is 7.90. The number of amidine groups is 1. The van der Waals surface area contributed by atoms with E-state index < -0.39 is 31.9 Å². The molecule has 6 rings (SSSR count). The lowest BCUT2D eigenvalue weighted by molar-refractivity contribution is 0.122. The van der Waals surface area contributed by atoms with Crippen molar-refractivity contribution in [3.8, 4) is 5.75 Å². The fourth-order valence-electron chi connectivity index (χ4n) is 6.89. The van der Waals surface area contributed by atoms with Crippen LogP contribution in [0.5, 0.6) is 5.75 Å². The van der Waals surface area contributed by atoms with Crippen molar-refractivity contribution in [3.05, 3.63) is 92.4 Å². The van der Waals surface area contributed by atoms with Gasteiger partial charge in [-0.2, -0.15) is 4.31 Å². The summed E-state index contributed by atoms with van der Waals surface area (Å²) in [4.78, 5) is 25.5. The van der Waals surface area contributed by atoms with Gasteiger partial charge in [-0.15, -0.1) is 0 Å². The predicted octanol–water partition coefficient (Wildman–Crippen LogP) is 6.55. The Kier molecular flexibility index (Phi) is 12.1. The van der Waals surface area contributed by atoms with Gasteiger partial charge in [-0.1, -0.05) is 65.5 Å². The second kappa shape index (κ2) is 16.2. The number of nitrogens with zero attached hydrogens (tertiary/aromatic N) is 5. The lowest BCUT2D eigenvalue weighted by atomic mass is 9.93. The maximum absolute atomic E-state index is 15.0. The summed E-state index contributed by atoms with van der Waals surface area (Å²) in [7, 11) is -7.14. The average molecular weight is 811 g/mol. The summed E-state index contributed by atoms with van der Waals surface area (Å²) in [5, 5.41) is 1.08. The van der Waals surface area contributed by atoms with Crippen LogP contribution in [-0.4, -0.2) is 112 Å². The van der Waals surface area contributed by atoms with Crippen molar-refractivity contribution in [2.24, 2.45) is 4.99 Å². The molecule has 2 amide bonds. The van der Waals surface area contributed by atoms with Gasteiger partial charge in [-0.25, -0.2) is 21.6 Å². The van der Waals surface area contributed by atoms with Crippen LogP contribution in [0.3, 0.4) is 0 Å². The molecule has 0 N–H and O–H groups in total. The molecule has 2 fully saturated rings. The van der Waals surface area contributed by atoms with Crippen molar-refractivity contribution in [1.82, 2.24) is 19.0 Å². The number of rotatable bonds is 10. The van der Waals surface area contributed by atoms with Gasteiger partial charge >= 0.3 is 6.03 Å². The predicted molar refractivity (Wildman–Crippen MR) is 205 cm³/mol. The maximum atomic E-state index is 15.0. The summed E-state index contributed by atoms with van der Waals surface area (Å²) in [6.45, 7) is 4.87. The van der Waals surface area contributed by atoms with E-state index in [-0.39, 0.29) is 34.1 Å². The van der Waals surface area contributed by atoms with E-state index in [0.717, 1.165) is 30.4 Å². The molecule has 0 aliphatic carbocycles. The molecule has 0 saturated carbocycles. The molecule has 280 valence electrons. The van der Waals surface area contributed by atoms with Gasteiger partial charge in [-0.05, 0) is 61.2 Å². The third kappa shape index (κ3) is 8.56. The lowest BCUT2D eigenvalue weighted by Crippen LogP contribution is -2.54. The van der Waals surface area contributed by atoms with Gasteiger partial charge in [-0.3, -0.25) is 14.8 Å². The average Bonchev–Trinajstić information content (AvgIpc) is 3.52. The molecule has 16 heteroatoms. The normalized spacial score (nSPS) is 20.6. The number of hydrogen-bond donors (Lipinski definition) is 0. The minimum Gasteiger partial charge on any atom is -0.493 e. The first-order valence-corrected chi connectivity index (χ1v) is 21.9. The van der Waals surface area contributed by atoms with Gasteiger partial charge < -0.3 is 9.64 Å². The SMILES string of the molecule is CCOc1cc(Cl)c(S(=O)(=O)N2CCCCC2)cc1C1=N[C@@H](c2ccc(Cl)cc2)[C@@H](c2ccc(Cl)cc2)N1C(=O)N1CCN(CCS(C)(=O)=O)CC1. The second-order valence-corrected chi connectivity index (χ2v) is 18.7. The van der Waals surface area contributed by atoms with Crippen LogP contribution >= 0.6 is 34.8 Å². The van der Waals surface area contributed by atoms with Crippen molar-refractivity contribution in [2.75, 3.05) is 64.4 Å². The van der Waals surface area contributed by atoms with E-state index in [4.69, 9.17) is 44.5 Å². The highest BCUT2D eigenvalue weighted by atomic mass is 35.5. The number of carbonyl (C=O) groups is 1. The molecule has 2 saturated heterocycles. The Morgan fingerprint density at radius 3 is 2.00 bits per heavy atom. The minimum absolute atomic E-state index is 0.0166. The van der Waals surface area contributed by atoms with Crippen LogP contribution in [0.15, 0.2) is 70.6 Å². The van der Waals surface area contributed by atoms with Crippen LogP contribution in [0.2, 0.25) is 15.1 Å². The summed E-state index contributed by atoms with van der Waals surface area (Å²) in [6, 6.07) is 15.8. The molecule has 3 aliphatic rings. The van der Waals surface area contributed by atoms with Crippen LogP contribution in [-0.2, 0) is 19.9 Å². The monoisotopic (exact) mass is 809 g/mol. The van der Waals surface area contributed by atoms with Crippen LogP contribution in [0.4, 0.5) is 4.79 Å². The summed E-state index contributed by atoms with van der Waals surface area (Å²) in [5.41, 5.74) is 1.87. The third-order valence-electron chi connectivity index (χ3n) is 9.62. The third-order valence-corrected chi connectivity index (χ3v) is 13.4. The molecule has 0 spiro atoms. The summed E-state index contributed by atoms with van der Waals surface area (Å²) >= 11 is 19.4. The van der Waals surface area contributed by atoms with Gasteiger partial charge in [0.25, 0.3) is 0 Å². The van der Waals surface area contributed by atoms with E-state index in [9.17, 15) is 21.6 Å². The number of aliphatic imine (C=N–C) groups is 1. The number of sulfonamides is 1. The van der Waals surface area contributed by atoms with E-state index in [1.807, 2.05) is 36.1 Å². The molecule has 11 nitrogen and oxygen atoms in total. The van der Waals surface area contributed by atoms with Crippen molar-refractivity contribution < 1.29 is 26.4 Å². The molecular weight excluding hydrogens is 769 g/mol. The maximum Gasteiger partial charge on any atom is 0.326 e. The highest BCUT2D eigenvalue weighted by Crippen LogP contribution is 2.46. The standard InChI is InChI=1S/C36H42Cl3N5O6S2/c1-3-50-31-24-30(39)32(52(48,49)43-15-5-4-6-16-43)23-29(31)35-40-33(25-7-11-27(37)12-8-25)34(26-9-13-28(38)14-10-26)44(35)36(45)42-19-17-41(18-20-42)21-22-51(2,46)47/h7-14,23-24,33-34H,3-6,15-22H2,1-2H3/t33-,34+/m0/s1. The van der Waals surface area contributed by atoms with Crippen LogP contribution in [0, 0.1) is 0 Å². The first-order valence-electron chi connectivity index (χ1n) is 17.3. The van der Waals surface area contributed by atoms with E-state index >= 15 is 0 Å². The zero-order valence-electron chi connectivity index (χ0n) is 29.0. The molecule has 52 heavy (non-hydrogen) atoms. The molecule has 3 heterocycles. The van der Waals surface area contributed by atoms with E-state index in [1.165, 1.54) is 22.7 Å². The van der Waals surface area contributed by atoms with Crippen molar-refractivity contribution in [2.45, 2.75) is 43.2 Å². The van der Waals surface area contributed by atoms with Crippen molar-refractivity contribution in [3.63, 3.8) is 0 Å². The largest absolute Gasteiger partial charge is 0.493 e. The number of amides is 2. The fraction of sp³-hybridized carbons (Fsp3) is 0.444. The molecule has 3 aromatic carbocycles. The fourth-order valence-corrected chi connectivity index (χ4v) is 9.77. The molecular formula is C36H42Cl3N5O6S2. The van der Waals surface area contributed by atoms with Gasteiger partial charge in [0.15, 0.2) is 0 Å². The number of piperidine rings is 1. The van der Waals surface area contributed by atoms with Crippen LogP contribution in [0.25, 0.3) is 0 Å². The summed E-state index contributed by atoms with van der Waals surface area (Å²) < 4.78 is 59.4. The number of urea groups is 1. The van der Waals surface area contributed by atoms with Crippen molar-refractivity contribution in [1.29, 1.82) is 0 Å². The van der Waals surface area contributed by atoms with Gasteiger partial charge in [0.2, 0.25) is 10.0 Å². The zero-order chi connectivity index (χ0) is 37.2. The first-order chi connectivity index (χ1) is 24.8. The van der Waals surface area contributed by atoms with Crippen LogP contribution in [0.1, 0.15) is 55.0 Å². The lowest BCUT2D eigenvalue weighted by Gasteiger charge is -2.39. The molecule has 0 unspecified atom stereocenters. The number of benzene rings is 3. The molecule has 0 aromatic heterocycles. The smallest absolute Gasteiger partial charge is 0.326 e. The van der Waals surface area contributed by atoms with E-state index in [2.05, 4.69) is 0 Å². The number of halogens is 3. The van der Waals surface area contributed by atoms with Crippen molar-refractivity contribution >= 4 is 66.5 Å². The number of ether oxygens (including phenoxy) is 1. The molecule has 3 aromatic rings. The molecule has 0 radical (unpaired) electrons. The first kappa shape index (κ1) is 38.8. The number of carbonyl (C=O) groups excluding carboxylic acids is 1. The van der Waals surface area contributed by atoms with E-state index in [0.29, 0.717) is 67.2 Å². The van der Waals surface area contributed by atoms with E-state index in [1.54, 1.807) is 34.1 Å². The molecule has 0 bridgehead atoms. The van der Waals surface area contributed by atoms with Gasteiger partial charge in [0, 0.05) is 68.2 Å². The Balaban J connectivity index is 1.49. The second-order valence-electron chi connectivity index (χ2n) is 13.2. The summed E-state index contributed by atoms with van der Waals surface area (Å²) in [5.74, 6) is 0.559. The summed E-state index contributed by atoms with van der Waals surface area (Å²) in [6.07, 6.45) is 3.67. The quantitative estimate of drug-likeness (QED) is 0.228. The highest BCUT2D eigenvalue weighted by Gasteiger charge is 2.45. The zero-order valence-corrected chi connectivity index (χ0v) is 33.0. The molecule has 3 aliphatic heterocycles. The Labute approximate surface area is 321 Å². The number of sulfone groups is 1. The number of piperazine rings is 1. The topological polar surface area (TPSA) is 120 Å². The van der Waals surface area contributed by atoms with Crippen LogP contribution < -0.4 is 4.74 Å². The van der Waals surface area contributed by atoms with Gasteiger partial charge in [0.05, 0.1) is 29.0 Å². The Morgan fingerprint density at radius 2 is 1.42 bits per heavy atom. The van der Waals surface area contributed by atoms with Gasteiger partial charge in [0.1, 0.15) is 32.4 Å². The Bertz CT molecular complexity index is 2020. The Hall–Kier alpha value is -2.91.